The number of aromatic amines is 1. The lowest BCUT2D eigenvalue weighted by Crippen LogP contribution is -2.18. The van der Waals surface area contributed by atoms with E-state index in [1.165, 1.54) is 0 Å². The van der Waals surface area contributed by atoms with Crippen LogP contribution < -0.4 is 5.73 Å². The van der Waals surface area contributed by atoms with Crippen molar-refractivity contribution in [3.05, 3.63) is 17.0 Å². The molecule has 0 bridgehead atoms. The average molecular weight is 185 g/mol. The van der Waals surface area contributed by atoms with Gasteiger partial charge in [0.25, 0.3) is 0 Å². The number of nitrogens with zero attached hydrogens (tertiary/aromatic N) is 1. The predicted molar refractivity (Wildman–Crippen MR) is 47.6 cm³/mol. The molecule has 2 heterocycles. The fraction of sp³-hybridized carbons (Fsp3) is 0.571. The summed E-state index contributed by atoms with van der Waals surface area (Å²) in [5, 5.41) is 15.8. The highest BCUT2D eigenvalue weighted by Gasteiger charge is 2.22. The average Bonchev–Trinajstić information content (AvgIpc) is 2.49. The minimum absolute atomic E-state index is 0.0234. The summed E-state index contributed by atoms with van der Waals surface area (Å²) in [6.45, 7) is 0.0234. The van der Waals surface area contributed by atoms with Crippen LogP contribution in [0.1, 0.15) is 23.0 Å². The lowest BCUT2D eigenvalue weighted by Gasteiger charge is -2.16. The maximum Gasteiger partial charge on any atom is 0.0850 e. The van der Waals surface area contributed by atoms with Gasteiger partial charge in [0.15, 0.2) is 0 Å². The molecule has 0 amide bonds. The van der Waals surface area contributed by atoms with Crippen LogP contribution in [0, 0.1) is 0 Å². The van der Waals surface area contributed by atoms with Gasteiger partial charge in [0, 0.05) is 17.1 Å². The molecule has 1 aliphatic heterocycles. The molecular weight excluding hydrogens is 174 g/mol. The van der Waals surface area contributed by atoms with Crippen LogP contribution in [0.25, 0.3) is 0 Å². The lowest BCUT2D eigenvalue weighted by molar-refractivity contribution is 0.276. The largest absolute Gasteiger partial charge is 0.390 e. The van der Waals surface area contributed by atoms with Gasteiger partial charge in [-0.15, -0.1) is 0 Å². The number of aliphatic hydroxyl groups is 1. The van der Waals surface area contributed by atoms with E-state index in [0.717, 1.165) is 28.5 Å². The van der Waals surface area contributed by atoms with E-state index in [2.05, 4.69) is 10.2 Å². The second kappa shape index (κ2) is 3.08. The van der Waals surface area contributed by atoms with Crippen molar-refractivity contribution in [2.75, 3.05) is 5.75 Å². The van der Waals surface area contributed by atoms with Gasteiger partial charge < -0.3 is 10.8 Å². The van der Waals surface area contributed by atoms with E-state index >= 15 is 0 Å². The molecule has 1 aliphatic rings. The van der Waals surface area contributed by atoms with Crippen molar-refractivity contribution in [3.8, 4) is 0 Å². The fourth-order valence-electron chi connectivity index (χ4n) is 1.38. The first-order chi connectivity index (χ1) is 5.83. The first-order valence-corrected chi connectivity index (χ1v) is 4.98. The van der Waals surface area contributed by atoms with E-state index < -0.39 is 0 Å². The van der Waals surface area contributed by atoms with Crippen molar-refractivity contribution < 1.29 is 5.11 Å². The Kier molecular flexibility index (Phi) is 2.08. The highest BCUT2D eigenvalue weighted by molar-refractivity contribution is 7.98. The molecule has 1 atom stereocenters. The number of nitrogens with one attached hydrogen (secondary N) is 1. The monoisotopic (exact) mass is 185 g/mol. The zero-order chi connectivity index (χ0) is 8.55. The van der Waals surface area contributed by atoms with Gasteiger partial charge in [-0.1, -0.05) is 0 Å². The molecule has 4 nitrogen and oxygen atoms in total. The van der Waals surface area contributed by atoms with Crippen molar-refractivity contribution in [3.63, 3.8) is 0 Å². The highest BCUT2D eigenvalue weighted by atomic mass is 32.2. The number of aliphatic hydroxyl groups excluding tert-OH is 1. The molecule has 66 valence electrons. The zero-order valence-corrected chi connectivity index (χ0v) is 7.40. The van der Waals surface area contributed by atoms with Crippen molar-refractivity contribution in [2.45, 2.75) is 18.4 Å². The number of nitrogens with two attached hydrogens (primary N) is 1. The van der Waals surface area contributed by atoms with Gasteiger partial charge in [0.05, 0.1) is 24.0 Å². The lowest BCUT2D eigenvalue weighted by atomic mass is 10.1. The number of hydrogen-bond donors (Lipinski definition) is 3. The normalized spacial score (nSPS) is 22.3. The molecule has 0 aliphatic carbocycles. The van der Waals surface area contributed by atoms with Crippen LogP contribution in [0.2, 0.25) is 0 Å². The van der Waals surface area contributed by atoms with Gasteiger partial charge in [-0.3, -0.25) is 5.10 Å². The van der Waals surface area contributed by atoms with Crippen LogP contribution in [0.4, 0.5) is 0 Å². The quantitative estimate of drug-likeness (QED) is 0.582. The molecule has 0 saturated heterocycles. The predicted octanol–water partition coefficient (Wildman–Crippen LogP) is 0.149. The Morgan fingerprint density at radius 1 is 1.75 bits per heavy atom. The summed E-state index contributed by atoms with van der Waals surface area (Å²) in [5.41, 5.74) is 8.67. The maximum absolute atomic E-state index is 8.95. The molecule has 2 rings (SSSR count). The first kappa shape index (κ1) is 8.10. The second-order valence-corrected chi connectivity index (χ2v) is 3.88. The first-order valence-electron chi connectivity index (χ1n) is 3.83. The SMILES string of the molecule is NC1CSCc2c1n[nH]c2CO. The Labute approximate surface area is 74.5 Å². The van der Waals surface area contributed by atoms with Gasteiger partial charge in [0.2, 0.25) is 0 Å². The molecule has 0 fully saturated rings. The summed E-state index contributed by atoms with van der Waals surface area (Å²) < 4.78 is 0. The third kappa shape index (κ3) is 1.14. The number of rotatable bonds is 1. The van der Waals surface area contributed by atoms with Crippen LogP contribution in [-0.4, -0.2) is 21.1 Å². The molecule has 4 N–H and O–H groups in total. The minimum Gasteiger partial charge on any atom is -0.390 e. The Balaban J connectivity index is 2.41. The fourth-order valence-corrected chi connectivity index (χ4v) is 2.44. The molecule has 0 spiro atoms. The van der Waals surface area contributed by atoms with E-state index in [1.807, 2.05) is 0 Å². The van der Waals surface area contributed by atoms with Crippen LogP contribution in [0.15, 0.2) is 0 Å². The minimum atomic E-state index is 0.0234. The van der Waals surface area contributed by atoms with Gasteiger partial charge in [-0.25, -0.2) is 0 Å². The molecular formula is C7H11N3OS. The summed E-state index contributed by atoms with van der Waals surface area (Å²) in [4.78, 5) is 0. The number of H-pyrrole nitrogens is 1. The third-order valence-corrected chi connectivity index (χ3v) is 3.13. The van der Waals surface area contributed by atoms with E-state index in [0.29, 0.717) is 0 Å². The molecule has 0 saturated carbocycles. The maximum atomic E-state index is 8.95. The van der Waals surface area contributed by atoms with E-state index in [1.54, 1.807) is 11.8 Å². The van der Waals surface area contributed by atoms with Gasteiger partial charge in [-0.05, 0) is 0 Å². The van der Waals surface area contributed by atoms with Crippen LogP contribution in [0.5, 0.6) is 0 Å². The zero-order valence-electron chi connectivity index (χ0n) is 6.58. The van der Waals surface area contributed by atoms with Crippen molar-refractivity contribution in [1.82, 2.24) is 10.2 Å². The topological polar surface area (TPSA) is 74.9 Å². The summed E-state index contributed by atoms with van der Waals surface area (Å²) in [7, 11) is 0. The Morgan fingerprint density at radius 2 is 2.58 bits per heavy atom. The van der Waals surface area contributed by atoms with Crippen LogP contribution >= 0.6 is 11.8 Å². The van der Waals surface area contributed by atoms with E-state index in [9.17, 15) is 0 Å². The Morgan fingerprint density at radius 3 is 3.33 bits per heavy atom. The smallest absolute Gasteiger partial charge is 0.0850 e. The molecule has 0 aromatic carbocycles. The van der Waals surface area contributed by atoms with Crippen molar-refractivity contribution in [1.29, 1.82) is 0 Å². The Hall–Kier alpha value is -0.520. The number of fused-ring (bicyclic) bond motifs is 1. The Bertz CT molecular complexity index is 286. The number of hydrogen-bond acceptors (Lipinski definition) is 4. The van der Waals surface area contributed by atoms with Gasteiger partial charge in [-0.2, -0.15) is 16.9 Å². The molecule has 1 aromatic heterocycles. The molecule has 12 heavy (non-hydrogen) atoms. The van der Waals surface area contributed by atoms with Crippen LogP contribution in [-0.2, 0) is 12.4 Å². The summed E-state index contributed by atoms with van der Waals surface area (Å²) in [5.74, 6) is 1.83. The molecule has 5 heteroatoms. The van der Waals surface area contributed by atoms with E-state index in [4.69, 9.17) is 10.8 Å². The number of aromatic nitrogens is 2. The summed E-state index contributed by atoms with van der Waals surface area (Å²) in [6.07, 6.45) is 0. The molecule has 1 unspecified atom stereocenters. The highest BCUT2D eigenvalue weighted by Crippen LogP contribution is 2.30. The summed E-state index contributed by atoms with van der Waals surface area (Å²) in [6, 6.07) is 0.0234. The third-order valence-electron chi connectivity index (χ3n) is 2.04. The summed E-state index contributed by atoms with van der Waals surface area (Å²) >= 11 is 1.78. The number of thioether (sulfide) groups is 1. The second-order valence-electron chi connectivity index (χ2n) is 2.85. The molecule has 0 radical (unpaired) electrons. The molecule has 1 aromatic rings. The van der Waals surface area contributed by atoms with Gasteiger partial charge in [0.1, 0.15) is 0 Å². The van der Waals surface area contributed by atoms with Crippen molar-refractivity contribution >= 4 is 11.8 Å². The van der Waals surface area contributed by atoms with Gasteiger partial charge >= 0.3 is 0 Å². The van der Waals surface area contributed by atoms with Crippen LogP contribution in [0.3, 0.4) is 0 Å². The van der Waals surface area contributed by atoms with E-state index in [-0.39, 0.29) is 12.6 Å². The van der Waals surface area contributed by atoms with Crippen molar-refractivity contribution in [2.24, 2.45) is 5.73 Å². The standard InChI is InChI=1S/C7H11N3OS/c8-5-3-12-2-4-6(1-11)9-10-7(4)5/h5,11H,1-3,8H2,(H,9,10).